The van der Waals surface area contributed by atoms with Crippen LogP contribution in [-0.4, -0.2) is 43.5 Å². The maximum Gasteiger partial charge on any atom is 0.236 e. The highest BCUT2D eigenvalue weighted by Crippen LogP contribution is 1.98. The molecule has 1 amide bonds. The molecule has 0 aromatic carbocycles. The van der Waals surface area contributed by atoms with Crippen molar-refractivity contribution in [1.82, 2.24) is 10.2 Å². The summed E-state index contributed by atoms with van der Waals surface area (Å²) in [6.07, 6.45) is 0. The Kier molecular flexibility index (Phi) is 2.24. The molecule has 1 saturated heterocycles. The van der Waals surface area contributed by atoms with Gasteiger partial charge >= 0.3 is 0 Å². The molecule has 1 aliphatic heterocycles. The van der Waals surface area contributed by atoms with Crippen molar-refractivity contribution in [2.45, 2.75) is 6.04 Å². The van der Waals surface area contributed by atoms with Gasteiger partial charge in [0.05, 0.1) is 0 Å². The number of carbonyl (C=O) groups excluding carboxylic acids is 1. The predicted octanol–water partition coefficient (Wildman–Crippen LogP) is -1.61. The van der Waals surface area contributed by atoms with Crippen molar-refractivity contribution in [3.63, 3.8) is 0 Å². The summed E-state index contributed by atoms with van der Waals surface area (Å²) in [6.45, 7) is 2.22. The van der Waals surface area contributed by atoms with Gasteiger partial charge in [0.2, 0.25) is 5.91 Å². The van der Waals surface area contributed by atoms with E-state index in [1.54, 1.807) is 0 Å². The van der Waals surface area contributed by atoms with Gasteiger partial charge in [-0.3, -0.25) is 9.69 Å². The van der Waals surface area contributed by atoms with Crippen LogP contribution in [0.1, 0.15) is 0 Å². The lowest BCUT2D eigenvalue weighted by molar-refractivity contribution is -0.123. The molecule has 0 aromatic heterocycles. The molecule has 1 heterocycles. The van der Waals surface area contributed by atoms with E-state index in [-0.39, 0.29) is 11.9 Å². The fourth-order valence-corrected chi connectivity index (χ4v) is 1.04. The third-order valence-electron chi connectivity index (χ3n) is 1.77. The van der Waals surface area contributed by atoms with Gasteiger partial charge in [-0.15, -0.1) is 0 Å². The van der Waals surface area contributed by atoms with Crippen LogP contribution in [0, 0.1) is 0 Å². The number of rotatable bonds is 1. The molecule has 0 aromatic rings. The summed E-state index contributed by atoms with van der Waals surface area (Å²) >= 11 is 0. The van der Waals surface area contributed by atoms with E-state index >= 15 is 0 Å². The normalized spacial score (nSPS) is 28.3. The summed E-state index contributed by atoms with van der Waals surface area (Å²) in [4.78, 5) is 12.6. The number of nitrogens with zero attached hydrogens (tertiary/aromatic N) is 2. The highest BCUT2D eigenvalue weighted by Gasteiger charge is 2.23. The van der Waals surface area contributed by atoms with Crippen molar-refractivity contribution in [3.05, 3.63) is 0 Å². The lowest BCUT2D eigenvalue weighted by Gasteiger charge is -2.29. The van der Waals surface area contributed by atoms with Crippen LogP contribution >= 0.6 is 0 Å². The van der Waals surface area contributed by atoms with Crippen molar-refractivity contribution >= 4 is 5.91 Å². The number of carbonyl (C=O) groups is 1. The van der Waals surface area contributed by atoms with Crippen LogP contribution in [0.3, 0.4) is 0 Å². The molecule has 0 aliphatic carbocycles. The van der Waals surface area contributed by atoms with E-state index in [4.69, 9.17) is 5.73 Å². The van der Waals surface area contributed by atoms with Gasteiger partial charge in [0.15, 0.2) is 0 Å². The fraction of sp³-hybridized carbons (Fsp3) is 0.833. The van der Waals surface area contributed by atoms with Gasteiger partial charge in [-0.1, -0.05) is 0 Å². The Morgan fingerprint density at radius 2 is 2.50 bits per heavy atom. The second-order valence-corrected chi connectivity index (χ2v) is 2.53. The van der Waals surface area contributed by atoms with Crippen molar-refractivity contribution in [3.8, 4) is 0 Å². The molecular formula is C6H12N3O. The summed E-state index contributed by atoms with van der Waals surface area (Å²) < 4.78 is 0. The molecule has 57 valence electrons. The summed E-state index contributed by atoms with van der Waals surface area (Å²) in [7, 11) is 1.89. The molecule has 0 saturated carbocycles. The van der Waals surface area contributed by atoms with E-state index in [2.05, 4.69) is 5.32 Å². The number of amides is 1. The highest BCUT2D eigenvalue weighted by atomic mass is 16.1. The van der Waals surface area contributed by atoms with Crippen molar-refractivity contribution in [2.24, 2.45) is 5.73 Å². The lowest BCUT2D eigenvalue weighted by Crippen LogP contribution is -2.52. The van der Waals surface area contributed by atoms with Gasteiger partial charge < -0.3 is 5.73 Å². The van der Waals surface area contributed by atoms with E-state index in [0.717, 1.165) is 13.1 Å². The number of primary amides is 1. The Morgan fingerprint density at radius 3 is 2.90 bits per heavy atom. The number of hydrogen-bond acceptors (Lipinski definition) is 2. The summed E-state index contributed by atoms with van der Waals surface area (Å²) in [5.41, 5.74) is 5.12. The van der Waals surface area contributed by atoms with Crippen LogP contribution in [0.4, 0.5) is 0 Å². The average molecular weight is 142 g/mol. The minimum atomic E-state index is -0.272. The summed E-state index contributed by atoms with van der Waals surface area (Å²) in [5, 5.41) is 4.09. The Bertz CT molecular complexity index is 137. The average Bonchev–Trinajstić information content (AvgIpc) is 1.88. The van der Waals surface area contributed by atoms with Crippen LogP contribution in [0.25, 0.3) is 0 Å². The third-order valence-corrected chi connectivity index (χ3v) is 1.77. The van der Waals surface area contributed by atoms with Crippen LogP contribution in [0.2, 0.25) is 0 Å². The van der Waals surface area contributed by atoms with E-state index in [1.807, 2.05) is 11.9 Å². The zero-order valence-electron chi connectivity index (χ0n) is 6.08. The molecule has 0 spiro atoms. The molecule has 1 aliphatic rings. The van der Waals surface area contributed by atoms with Crippen LogP contribution in [0.15, 0.2) is 0 Å². The Balaban J connectivity index is 2.47. The van der Waals surface area contributed by atoms with E-state index in [0.29, 0.717) is 6.54 Å². The summed E-state index contributed by atoms with van der Waals surface area (Å²) in [6, 6.07) is -0.172. The fourth-order valence-electron chi connectivity index (χ4n) is 1.04. The Labute approximate surface area is 60.4 Å². The standard InChI is InChI=1S/C6H12N3O/c1-9-3-2-8-4-5(9)6(7)10/h5H,2-4H2,1H3,(H2,7,10). The largest absolute Gasteiger partial charge is 0.368 e. The van der Waals surface area contributed by atoms with Gasteiger partial charge in [-0.25, -0.2) is 5.32 Å². The van der Waals surface area contributed by atoms with Gasteiger partial charge in [0, 0.05) is 19.6 Å². The number of hydrogen-bond donors (Lipinski definition) is 1. The monoisotopic (exact) mass is 142 g/mol. The SMILES string of the molecule is CN1CC[N]CC1C(N)=O. The molecule has 2 N–H and O–H groups in total. The molecule has 10 heavy (non-hydrogen) atoms. The smallest absolute Gasteiger partial charge is 0.236 e. The number of likely N-dealkylation sites (N-methyl/N-ethyl adjacent to an activating group) is 1. The quantitative estimate of drug-likeness (QED) is 0.479. The third kappa shape index (κ3) is 1.46. The van der Waals surface area contributed by atoms with E-state index in [1.165, 1.54) is 0 Å². The Hall–Kier alpha value is -0.610. The van der Waals surface area contributed by atoms with E-state index < -0.39 is 0 Å². The molecule has 1 radical (unpaired) electrons. The first-order valence-electron chi connectivity index (χ1n) is 3.34. The minimum Gasteiger partial charge on any atom is -0.368 e. The first-order chi connectivity index (χ1) is 4.72. The predicted molar refractivity (Wildman–Crippen MR) is 37.5 cm³/mol. The van der Waals surface area contributed by atoms with Crippen molar-refractivity contribution in [1.29, 1.82) is 0 Å². The molecule has 4 heteroatoms. The zero-order valence-corrected chi connectivity index (χ0v) is 6.08. The molecule has 1 rings (SSSR count). The second-order valence-electron chi connectivity index (χ2n) is 2.53. The van der Waals surface area contributed by atoms with Gasteiger partial charge in [-0.2, -0.15) is 0 Å². The Morgan fingerprint density at radius 1 is 1.80 bits per heavy atom. The first-order valence-corrected chi connectivity index (χ1v) is 3.34. The van der Waals surface area contributed by atoms with Crippen LogP contribution in [-0.2, 0) is 4.79 Å². The molecule has 0 bridgehead atoms. The highest BCUT2D eigenvalue weighted by molar-refractivity contribution is 5.80. The molecule has 4 nitrogen and oxygen atoms in total. The molecule has 1 unspecified atom stereocenters. The molecule has 1 atom stereocenters. The van der Waals surface area contributed by atoms with Gasteiger partial charge in [-0.05, 0) is 7.05 Å². The first kappa shape index (κ1) is 7.50. The van der Waals surface area contributed by atoms with Crippen molar-refractivity contribution < 1.29 is 4.79 Å². The maximum absolute atomic E-state index is 10.7. The number of nitrogens with two attached hydrogens (primary N) is 1. The maximum atomic E-state index is 10.7. The molecule has 1 fully saturated rings. The van der Waals surface area contributed by atoms with Gasteiger partial charge in [0.25, 0.3) is 0 Å². The van der Waals surface area contributed by atoms with Gasteiger partial charge in [0.1, 0.15) is 6.04 Å². The van der Waals surface area contributed by atoms with Crippen molar-refractivity contribution in [2.75, 3.05) is 26.7 Å². The summed E-state index contributed by atoms with van der Waals surface area (Å²) in [5.74, 6) is -0.272. The lowest BCUT2D eigenvalue weighted by atomic mass is 10.2. The topological polar surface area (TPSA) is 60.4 Å². The van der Waals surface area contributed by atoms with Crippen LogP contribution < -0.4 is 11.1 Å². The number of piperazine rings is 1. The second kappa shape index (κ2) is 2.98. The minimum absolute atomic E-state index is 0.172. The zero-order chi connectivity index (χ0) is 7.56. The van der Waals surface area contributed by atoms with E-state index in [9.17, 15) is 4.79 Å². The molecular weight excluding hydrogens is 130 g/mol. The van der Waals surface area contributed by atoms with Crippen LogP contribution in [0.5, 0.6) is 0 Å².